The van der Waals surface area contributed by atoms with Crippen molar-refractivity contribution in [2.24, 2.45) is 5.92 Å². The highest BCUT2D eigenvalue weighted by atomic mass is 16.5. The maximum absolute atomic E-state index is 12.3. The third-order valence-electron chi connectivity index (χ3n) is 5.75. The Bertz CT molecular complexity index is 865. The standard InChI is InChI=1S/C25H32N2O3/c1-19(28)23-9-3-7-22(14-23)18-27-13-5-8-20(17-27)11-12-25(29)26-16-21-6-4-10-24(15-21)30-2/h3-4,6-7,9-10,14-15,20H,5,8,11-13,16-18H2,1-2H3,(H,26,29)/t20-/m0/s1. The highest BCUT2D eigenvalue weighted by Gasteiger charge is 2.21. The third-order valence-corrected chi connectivity index (χ3v) is 5.75. The number of Topliss-reactive ketones (excluding diaryl/α,β-unsaturated/α-hetero) is 1. The van der Waals surface area contributed by atoms with Gasteiger partial charge >= 0.3 is 0 Å². The van der Waals surface area contributed by atoms with Crippen LogP contribution in [0.4, 0.5) is 0 Å². The van der Waals surface area contributed by atoms with Crippen LogP contribution in [0.2, 0.25) is 0 Å². The minimum atomic E-state index is 0.101. The highest BCUT2D eigenvalue weighted by Crippen LogP contribution is 2.23. The van der Waals surface area contributed by atoms with Crippen molar-refractivity contribution in [2.75, 3.05) is 20.2 Å². The predicted molar refractivity (Wildman–Crippen MR) is 119 cm³/mol. The number of rotatable bonds is 9. The SMILES string of the molecule is COc1cccc(CNC(=O)CC[C@@H]2CCCN(Cc3cccc(C(C)=O)c3)C2)c1. The Labute approximate surface area is 179 Å². The van der Waals surface area contributed by atoms with E-state index in [0.717, 1.165) is 49.4 Å². The third kappa shape index (κ3) is 6.70. The minimum Gasteiger partial charge on any atom is -0.497 e. The molecule has 0 aromatic heterocycles. The monoisotopic (exact) mass is 408 g/mol. The number of hydrogen-bond acceptors (Lipinski definition) is 4. The Morgan fingerprint density at radius 1 is 1.13 bits per heavy atom. The van der Waals surface area contributed by atoms with E-state index in [1.165, 1.54) is 12.0 Å². The molecule has 0 spiro atoms. The summed E-state index contributed by atoms with van der Waals surface area (Å²) in [6, 6.07) is 15.7. The molecule has 1 amide bonds. The van der Waals surface area contributed by atoms with Gasteiger partial charge in [0.1, 0.15) is 5.75 Å². The van der Waals surface area contributed by atoms with Crippen LogP contribution in [0.1, 0.15) is 54.1 Å². The summed E-state index contributed by atoms with van der Waals surface area (Å²) >= 11 is 0. The molecular weight excluding hydrogens is 376 g/mol. The maximum atomic E-state index is 12.3. The average Bonchev–Trinajstić information content (AvgIpc) is 2.77. The van der Waals surface area contributed by atoms with Crippen molar-refractivity contribution in [2.45, 2.75) is 45.7 Å². The largest absolute Gasteiger partial charge is 0.497 e. The molecule has 30 heavy (non-hydrogen) atoms. The Hall–Kier alpha value is -2.66. The second kappa shape index (κ2) is 10.9. The topological polar surface area (TPSA) is 58.6 Å². The van der Waals surface area contributed by atoms with Crippen molar-refractivity contribution < 1.29 is 14.3 Å². The van der Waals surface area contributed by atoms with Crippen LogP contribution in [0.15, 0.2) is 48.5 Å². The van der Waals surface area contributed by atoms with Crippen LogP contribution in [-0.4, -0.2) is 36.8 Å². The van der Waals surface area contributed by atoms with Gasteiger partial charge < -0.3 is 10.1 Å². The molecule has 1 atom stereocenters. The molecule has 1 heterocycles. The summed E-state index contributed by atoms with van der Waals surface area (Å²) in [6.45, 7) is 5.07. The number of ether oxygens (including phenoxy) is 1. The molecule has 2 aromatic rings. The van der Waals surface area contributed by atoms with Gasteiger partial charge in [0, 0.05) is 31.6 Å². The number of ketones is 1. The van der Waals surface area contributed by atoms with Crippen LogP contribution in [0.25, 0.3) is 0 Å². The first-order chi connectivity index (χ1) is 14.5. The van der Waals surface area contributed by atoms with E-state index in [4.69, 9.17) is 4.74 Å². The number of nitrogens with zero attached hydrogens (tertiary/aromatic N) is 1. The fourth-order valence-electron chi connectivity index (χ4n) is 4.08. The molecule has 0 unspecified atom stereocenters. The molecule has 2 aromatic carbocycles. The van der Waals surface area contributed by atoms with Crippen LogP contribution in [-0.2, 0) is 17.9 Å². The lowest BCUT2D eigenvalue weighted by Gasteiger charge is -2.32. The van der Waals surface area contributed by atoms with E-state index >= 15 is 0 Å². The molecule has 5 heteroatoms. The Morgan fingerprint density at radius 2 is 1.93 bits per heavy atom. The van der Waals surface area contributed by atoms with Gasteiger partial charge in [0.25, 0.3) is 0 Å². The zero-order chi connectivity index (χ0) is 21.3. The Morgan fingerprint density at radius 3 is 2.73 bits per heavy atom. The van der Waals surface area contributed by atoms with Gasteiger partial charge in [0.2, 0.25) is 5.91 Å². The molecule has 160 valence electrons. The summed E-state index contributed by atoms with van der Waals surface area (Å²) in [5.74, 6) is 1.55. The molecule has 1 N–H and O–H groups in total. The molecule has 1 aliphatic heterocycles. The van der Waals surface area contributed by atoms with Gasteiger partial charge in [0.05, 0.1) is 7.11 Å². The van der Waals surface area contributed by atoms with Gasteiger partial charge in [-0.1, -0.05) is 30.3 Å². The second-order valence-corrected chi connectivity index (χ2v) is 8.17. The molecule has 0 saturated carbocycles. The van der Waals surface area contributed by atoms with E-state index < -0.39 is 0 Å². The highest BCUT2D eigenvalue weighted by molar-refractivity contribution is 5.94. The summed E-state index contributed by atoms with van der Waals surface area (Å²) in [4.78, 5) is 26.4. The summed E-state index contributed by atoms with van der Waals surface area (Å²) in [5.41, 5.74) is 2.99. The first-order valence-electron chi connectivity index (χ1n) is 10.8. The van der Waals surface area contributed by atoms with E-state index in [9.17, 15) is 9.59 Å². The van der Waals surface area contributed by atoms with Gasteiger partial charge in [-0.15, -0.1) is 0 Å². The summed E-state index contributed by atoms with van der Waals surface area (Å²) in [5, 5.41) is 3.02. The first-order valence-corrected chi connectivity index (χ1v) is 10.8. The lowest BCUT2D eigenvalue weighted by molar-refractivity contribution is -0.121. The van der Waals surface area contributed by atoms with Gasteiger partial charge in [-0.05, 0) is 68.0 Å². The smallest absolute Gasteiger partial charge is 0.220 e. The molecular formula is C25H32N2O3. The zero-order valence-electron chi connectivity index (χ0n) is 18.0. The lowest BCUT2D eigenvalue weighted by Crippen LogP contribution is -2.35. The van der Waals surface area contributed by atoms with Crippen molar-refractivity contribution in [1.29, 1.82) is 0 Å². The van der Waals surface area contributed by atoms with Crippen molar-refractivity contribution in [3.63, 3.8) is 0 Å². The molecule has 1 saturated heterocycles. The zero-order valence-corrected chi connectivity index (χ0v) is 18.0. The summed E-state index contributed by atoms with van der Waals surface area (Å²) in [6.07, 6.45) is 3.80. The Kier molecular flexibility index (Phi) is 8.03. The van der Waals surface area contributed by atoms with E-state index in [1.807, 2.05) is 42.5 Å². The quantitative estimate of drug-likeness (QED) is 0.632. The molecule has 0 bridgehead atoms. The van der Waals surface area contributed by atoms with Gasteiger partial charge in [0.15, 0.2) is 5.78 Å². The normalized spacial score (nSPS) is 16.8. The van der Waals surface area contributed by atoms with Crippen LogP contribution < -0.4 is 10.1 Å². The number of likely N-dealkylation sites (tertiary alicyclic amines) is 1. The Balaban J connectivity index is 1.42. The van der Waals surface area contributed by atoms with E-state index in [0.29, 0.717) is 18.9 Å². The fourth-order valence-corrected chi connectivity index (χ4v) is 4.08. The van der Waals surface area contributed by atoms with Crippen LogP contribution in [0, 0.1) is 5.92 Å². The van der Waals surface area contributed by atoms with Crippen molar-refractivity contribution in [3.05, 3.63) is 65.2 Å². The molecule has 1 aliphatic rings. The number of piperidine rings is 1. The molecule has 1 fully saturated rings. The van der Waals surface area contributed by atoms with Gasteiger partial charge in [-0.3, -0.25) is 14.5 Å². The summed E-state index contributed by atoms with van der Waals surface area (Å²) in [7, 11) is 1.64. The number of methoxy groups -OCH3 is 1. The number of carbonyl (C=O) groups excluding carboxylic acids is 2. The van der Waals surface area contributed by atoms with E-state index in [-0.39, 0.29) is 11.7 Å². The minimum absolute atomic E-state index is 0.101. The maximum Gasteiger partial charge on any atom is 0.220 e. The van der Waals surface area contributed by atoms with E-state index in [2.05, 4.69) is 16.3 Å². The number of amides is 1. The van der Waals surface area contributed by atoms with Crippen LogP contribution in [0.5, 0.6) is 5.75 Å². The number of carbonyl (C=O) groups is 2. The summed E-state index contributed by atoms with van der Waals surface area (Å²) < 4.78 is 5.23. The average molecular weight is 409 g/mol. The van der Waals surface area contributed by atoms with Crippen molar-refractivity contribution in [1.82, 2.24) is 10.2 Å². The van der Waals surface area contributed by atoms with Crippen molar-refractivity contribution >= 4 is 11.7 Å². The van der Waals surface area contributed by atoms with Crippen LogP contribution in [0.3, 0.4) is 0 Å². The molecule has 5 nitrogen and oxygen atoms in total. The number of nitrogens with one attached hydrogen (secondary N) is 1. The van der Waals surface area contributed by atoms with Crippen molar-refractivity contribution in [3.8, 4) is 5.75 Å². The molecule has 0 aliphatic carbocycles. The fraction of sp³-hybridized carbons (Fsp3) is 0.440. The van der Waals surface area contributed by atoms with Crippen LogP contribution >= 0.6 is 0 Å². The van der Waals surface area contributed by atoms with Gasteiger partial charge in [-0.2, -0.15) is 0 Å². The lowest BCUT2D eigenvalue weighted by atomic mass is 9.93. The van der Waals surface area contributed by atoms with Gasteiger partial charge in [-0.25, -0.2) is 0 Å². The predicted octanol–water partition coefficient (Wildman–Crippen LogP) is 4.21. The first kappa shape index (κ1) is 22.0. The molecule has 0 radical (unpaired) electrons. The second-order valence-electron chi connectivity index (χ2n) is 8.17. The number of benzene rings is 2. The van der Waals surface area contributed by atoms with E-state index in [1.54, 1.807) is 14.0 Å². The number of hydrogen-bond donors (Lipinski definition) is 1. The molecule has 3 rings (SSSR count).